The van der Waals surface area contributed by atoms with Crippen molar-refractivity contribution in [1.82, 2.24) is 0 Å². The van der Waals surface area contributed by atoms with Crippen molar-refractivity contribution >= 4 is 6.29 Å². The normalized spacial score (nSPS) is 10.0. The first-order valence-electron chi connectivity index (χ1n) is 6.02. The standard InChI is InChI=1S/C16H16O3/c1-18-15-6-3-12(4-7-15)9-14-10-16(19-2)8-5-13(14)11-17/h3-8,10-11H,9H2,1-2H3. The van der Waals surface area contributed by atoms with Gasteiger partial charge in [-0.15, -0.1) is 0 Å². The predicted octanol–water partition coefficient (Wildman–Crippen LogP) is 3.11. The maximum absolute atomic E-state index is 11.1. The summed E-state index contributed by atoms with van der Waals surface area (Å²) in [5.41, 5.74) is 2.77. The first-order valence-corrected chi connectivity index (χ1v) is 6.02. The number of aldehydes is 1. The summed E-state index contributed by atoms with van der Waals surface area (Å²) in [5.74, 6) is 1.58. The molecule has 2 rings (SSSR count). The van der Waals surface area contributed by atoms with Gasteiger partial charge < -0.3 is 9.47 Å². The average molecular weight is 256 g/mol. The fourth-order valence-corrected chi connectivity index (χ4v) is 1.94. The van der Waals surface area contributed by atoms with Gasteiger partial charge in [-0.3, -0.25) is 4.79 Å². The molecule has 0 heterocycles. The molecule has 0 aliphatic heterocycles. The van der Waals surface area contributed by atoms with Gasteiger partial charge in [-0.05, 0) is 47.9 Å². The Morgan fingerprint density at radius 3 is 2.16 bits per heavy atom. The molecule has 0 bridgehead atoms. The van der Waals surface area contributed by atoms with Crippen LogP contribution in [-0.2, 0) is 6.42 Å². The quantitative estimate of drug-likeness (QED) is 0.771. The zero-order valence-electron chi connectivity index (χ0n) is 11.1. The van der Waals surface area contributed by atoms with Crippen LogP contribution in [0.1, 0.15) is 21.5 Å². The Kier molecular flexibility index (Phi) is 4.18. The van der Waals surface area contributed by atoms with Crippen LogP contribution in [0, 0.1) is 0 Å². The number of hydrogen-bond donors (Lipinski definition) is 0. The zero-order chi connectivity index (χ0) is 13.7. The molecule has 0 amide bonds. The van der Waals surface area contributed by atoms with Gasteiger partial charge in [-0.1, -0.05) is 12.1 Å². The first kappa shape index (κ1) is 13.1. The number of rotatable bonds is 5. The van der Waals surface area contributed by atoms with Crippen LogP contribution in [0.5, 0.6) is 11.5 Å². The molecular weight excluding hydrogens is 240 g/mol. The van der Waals surface area contributed by atoms with E-state index in [0.717, 1.165) is 28.9 Å². The van der Waals surface area contributed by atoms with Gasteiger partial charge >= 0.3 is 0 Å². The molecule has 0 aromatic heterocycles. The lowest BCUT2D eigenvalue weighted by molar-refractivity contribution is 0.112. The summed E-state index contributed by atoms with van der Waals surface area (Å²) in [6.07, 6.45) is 1.56. The number of ether oxygens (including phenoxy) is 2. The summed E-state index contributed by atoms with van der Waals surface area (Å²) in [6.45, 7) is 0. The summed E-state index contributed by atoms with van der Waals surface area (Å²) < 4.78 is 10.3. The van der Waals surface area contributed by atoms with Gasteiger partial charge in [0.2, 0.25) is 0 Å². The maximum atomic E-state index is 11.1. The van der Waals surface area contributed by atoms with E-state index in [0.29, 0.717) is 12.0 Å². The highest BCUT2D eigenvalue weighted by Gasteiger charge is 2.05. The van der Waals surface area contributed by atoms with E-state index in [1.54, 1.807) is 26.4 Å². The van der Waals surface area contributed by atoms with E-state index in [1.807, 2.05) is 30.3 Å². The molecule has 0 unspecified atom stereocenters. The summed E-state index contributed by atoms with van der Waals surface area (Å²) in [6, 6.07) is 13.3. The van der Waals surface area contributed by atoms with Gasteiger partial charge in [0.15, 0.2) is 0 Å². The first-order chi connectivity index (χ1) is 9.26. The van der Waals surface area contributed by atoms with E-state index >= 15 is 0 Å². The molecule has 2 aromatic carbocycles. The van der Waals surface area contributed by atoms with E-state index < -0.39 is 0 Å². The number of methoxy groups -OCH3 is 2. The van der Waals surface area contributed by atoms with Gasteiger partial charge in [0, 0.05) is 5.56 Å². The highest BCUT2D eigenvalue weighted by atomic mass is 16.5. The molecule has 0 fully saturated rings. The molecule has 98 valence electrons. The third-order valence-electron chi connectivity index (χ3n) is 3.03. The largest absolute Gasteiger partial charge is 0.497 e. The third kappa shape index (κ3) is 3.13. The van der Waals surface area contributed by atoms with E-state index in [9.17, 15) is 4.79 Å². The summed E-state index contributed by atoms with van der Waals surface area (Å²) in [7, 11) is 3.26. The Morgan fingerprint density at radius 1 is 0.947 bits per heavy atom. The van der Waals surface area contributed by atoms with E-state index in [-0.39, 0.29) is 0 Å². The van der Waals surface area contributed by atoms with Crippen molar-refractivity contribution in [2.45, 2.75) is 6.42 Å². The molecule has 0 spiro atoms. The van der Waals surface area contributed by atoms with Gasteiger partial charge in [0.25, 0.3) is 0 Å². The Labute approximate surface area is 112 Å². The lowest BCUT2D eigenvalue weighted by Gasteiger charge is -2.08. The number of carbonyl (C=O) groups excluding carboxylic acids is 1. The van der Waals surface area contributed by atoms with Crippen LogP contribution in [0.2, 0.25) is 0 Å². The van der Waals surface area contributed by atoms with Gasteiger partial charge in [0.1, 0.15) is 17.8 Å². The number of benzene rings is 2. The lowest BCUT2D eigenvalue weighted by Crippen LogP contribution is -1.96. The maximum Gasteiger partial charge on any atom is 0.150 e. The van der Waals surface area contributed by atoms with Crippen molar-refractivity contribution < 1.29 is 14.3 Å². The van der Waals surface area contributed by atoms with Crippen LogP contribution in [-0.4, -0.2) is 20.5 Å². The topological polar surface area (TPSA) is 35.5 Å². The monoisotopic (exact) mass is 256 g/mol. The van der Waals surface area contributed by atoms with Crippen molar-refractivity contribution in [3.8, 4) is 11.5 Å². The average Bonchev–Trinajstić information content (AvgIpc) is 2.48. The highest BCUT2D eigenvalue weighted by Crippen LogP contribution is 2.21. The number of carbonyl (C=O) groups is 1. The van der Waals surface area contributed by atoms with Crippen molar-refractivity contribution in [3.05, 3.63) is 59.2 Å². The molecule has 2 aromatic rings. The molecule has 0 saturated carbocycles. The van der Waals surface area contributed by atoms with Gasteiger partial charge in [-0.2, -0.15) is 0 Å². The molecule has 0 radical (unpaired) electrons. The summed E-state index contributed by atoms with van der Waals surface area (Å²) in [4.78, 5) is 11.1. The Bertz CT molecular complexity index is 559. The van der Waals surface area contributed by atoms with E-state index in [2.05, 4.69) is 0 Å². The van der Waals surface area contributed by atoms with Gasteiger partial charge in [0.05, 0.1) is 14.2 Å². The van der Waals surface area contributed by atoms with E-state index in [1.165, 1.54) is 0 Å². The molecule has 0 saturated heterocycles. The summed E-state index contributed by atoms with van der Waals surface area (Å²) in [5, 5.41) is 0. The SMILES string of the molecule is COc1ccc(Cc2cc(OC)ccc2C=O)cc1. The fraction of sp³-hybridized carbons (Fsp3) is 0.188. The van der Waals surface area contributed by atoms with Gasteiger partial charge in [-0.25, -0.2) is 0 Å². The van der Waals surface area contributed by atoms with Crippen LogP contribution in [0.4, 0.5) is 0 Å². The highest BCUT2D eigenvalue weighted by molar-refractivity contribution is 5.78. The van der Waals surface area contributed by atoms with Crippen LogP contribution in [0.3, 0.4) is 0 Å². The lowest BCUT2D eigenvalue weighted by atomic mass is 10.00. The molecule has 3 heteroatoms. The number of hydrogen-bond acceptors (Lipinski definition) is 3. The Balaban J connectivity index is 2.27. The minimum atomic E-state index is 0.690. The predicted molar refractivity (Wildman–Crippen MR) is 74.2 cm³/mol. The van der Waals surface area contributed by atoms with Crippen LogP contribution < -0.4 is 9.47 Å². The van der Waals surface area contributed by atoms with Crippen molar-refractivity contribution in [1.29, 1.82) is 0 Å². The molecular formula is C16H16O3. The van der Waals surface area contributed by atoms with Crippen LogP contribution in [0.15, 0.2) is 42.5 Å². The van der Waals surface area contributed by atoms with E-state index in [4.69, 9.17) is 9.47 Å². The third-order valence-corrected chi connectivity index (χ3v) is 3.03. The fourth-order valence-electron chi connectivity index (χ4n) is 1.94. The smallest absolute Gasteiger partial charge is 0.150 e. The van der Waals surface area contributed by atoms with Crippen molar-refractivity contribution in [2.24, 2.45) is 0 Å². The minimum absolute atomic E-state index is 0.690. The second-order valence-electron chi connectivity index (χ2n) is 4.21. The van der Waals surface area contributed by atoms with Crippen LogP contribution in [0.25, 0.3) is 0 Å². The molecule has 3 nitrogen and oxygen atoms in total. The molecule has 0 N–H and O–H groups in total. The molecule has 0 atom stereocenters. The molecule has 0 aliphatic carbocycles. The molecule has 0 aliphatic rings. The Morgan fingerprint density at radius 2 is 1.58 bits per heavy atom. The second-order valence-corrected chi connectivity index (χ2v) is 4.21. The second kappa shape index (κ2) is 6.05. The van der Waals surface area contributed by atoms with Crippen LogP contribution >= 0.6 is 0 Å². The Hall–Kier alpha value is -2.29. The molecule has 19 heavy (non-hydrogen) atoms. The summed E-state index contributed by atoms with van der Waals surface area (Å²) >= 11 is 0. The minimum Gasteiger partial charge on any atom is -0.497 e. The van der Waals surface area contributed by atoms with Crippen molar-refractivity contribution in [2.75, 3.05) is 14.2 Å². The van der Waals surface area contributed by atoms with Crippen molar-refractivity contribution in [3.63, 3.8) is 0 Å². The zero-order valence-corrected chi connectivity index (χ0v) is 11.1.